The van der Waals surface area contributed by atoms with Gasteiger partial charge in [0.25, 0.3) is 0 Å². The predicted molar refractivity (Wildman–Crippen MR) is 62.7 cm³/mol. The molecule has 1 fully saturated rings. The molecule has 0 radical (unpaired) electrons. The number of Topliss-reactive ketones (excluding diaryl/α,β-unsaturated/α-hetero) is 1. The standard InChI is InChI=1S/C11H16N2OS/c1-8(2)10(14)9-7-12-11(15-9)13-5-3-4-6-13/h7-8H,3-6H2,1-2H3. The minimum atomic E-state index is 0.0666. The number of ketones is 1. The third kappa shape index (κ3) is 2.20. The van der Waals surface area contributed by atoms with Crippen LogP contribution in [-0.2, 0) is 0 Å². The first-order valence-corrected chi connectivity index (χ1v) is 6.25. The van der Waals surface area contributed by atoms with Crippen LogP contribution in [0.4, 0.5) is 5.13 Å². The molecule has 1 aromatic heterocycles. The Balaban J connectivity index is 2.12. The van der Waals surface area contributed by atoms with E-state index < -0.39 is 0 Å². The van der Waals surface area contributed by atoms with Gasteiger partial charge < -0.3 is 4.90 Å². The largest absolute Gasteiger partial charge is 0.348 e. The van der Waals surface area contributed by atoms with Gasteiger partial charge in [-0.25, -0.2) is 4.98 Å². The number of thiazole rings is 1. The molecule has 82 valence electrons. The van der Waals surface area contributed by atoms with E-state index in [0.29, 0.717) is 0 Å². The van der Waals surface area contributed by atoms with Crippen LogP contribution >= 0.6 is 11.3 Å². The zero-order valence-electron chi connectivity index (χ0n) is 9.19. The van der Waals surface area contributed by atoms with E-state index in [9.17, 15) is 4.79 Å². The Hall–Kier alpha value is -0.900. The van der Waals surface area contributed by atoms with E-state index in [1.165, 1.54) is 24.2 Å². The number of nitrogens with zero attached hydrogens (tertiary/aromatic N) is 2. The van der Waals surface area contributed by atoms with Crippen molar-refractivity contribution in [1.82, 2.24) is 4.98 Å². The first-order chi connectivity index (χ1) is 7.18. The monoisotopic (exact) mass is 224 g/mol. The van der Waals surface area contributed by atoms with E-state index in [0.717, 1.165) is 23.1 Å². The summed E-state index contributed by atoms with van der Waals surface area (Å²) < 4.78 is 0. The zero-order valence-corrected chi connectivity index (χ0v) is 10.0. The third-order valence-electron chi connectivity index (χ3n) is 2.64. The van der Waals surface area contributed by atoms with Crippen LogP contribution in [0.3, 0.4) is 0 Å². The lowest BCUT2D eigenvalue weighted by atomic mass is 10.1. The first kappa shape index (κ1) is 10.6. The van der Waals surface area contributed by atoms with Crippen molar-refractivity contribution < 1.29 is 4.79 Å². The lowest BCUT2D eigenvalue weighted by molar-refractivity contribution is 0.0943. The SMILES string of the molecule is CC(C)C(=O)c1cnc(N2CCCC2)s1. The van der Waals surface area contributed by atoms with E-state index >= 15 is 0 Å². The number of carbonyl (C=O) groups excluding carboxylic acids is 1. The molecule has 1 aliphatic heterocycles. The molecule has 1 saturated heterocycles. The van der Waals surface area contributed by atoms with Gasteiger partial charge in [0.2, 0.25) is 0 Å². The highest BCUT2D eigenvalue weighted by molar-refractivity contribution is 7.17. The summed E-state index contributed by atoms with van der Waals surface area (Å²) in [4.78, 5) is 19.1. The molecule has 4 heteroatoms. The van der Waals surface area contributed by atoms with Gasteiger partial charge in [-0.05, 0) is 12.8 Å². The van der Waals surface area contributed by atoms with Crippen molar-refractivity contribution in [2.24, 2.45) is 5.92 Å². The van der Waals surface area contributed by atoms with E-state index in [2.05, 4.69) is 9.88 Å². The predicted octanol–water partition coefficient (Wildman–Crippen LogP) is 2.58. The van der Waals surface area contributed by atoms with E-state index in [1.54, 1.807) is 6.20 Å². The van der Waals surface area contributed by atoms with Crippen molar-refractivity contribution in [2.45, 2.75) is 26.7 Å². The van der Waals surface area contributed by atoms with E-state index in [4.69, 9.17) is 0 Å². The van der Waals surface area contributed by atoms with Crippen molar-refractivity contribution >= 4 is 22.3 Å². The number of rotatable bonds is 3. The van der Waals surface area contributed by atoms with Gasteiger partial charge in [-0.15, -0.1) is 0 Å². The molecule has 0 aromatic carbocycles. The maximum absolute atomic E-state index is 11.7. The highest BCUT2D eigenvalue weighted by Crippen LogP contribution is 2.27. The lowest BCUT2D eigenvalue weighted by Crippen LogP contribution is -2.16. The second kappa shape index (κ2) is 4.31. The molecule has 3 nitrogen and oxygen atoms in total. The second-order valence-corrected chi connectivity index (χ2v) is 5.23. The molecule has 0 bridgehead atoms. The van der Waals surface area contributed by atoms with Gasteiger partial charge in [-0.1, -0.05) is 25.2 Å². The van der Waals surface area contributed by atoms with E-state index in [1.807, 2.05) is 13.8 Å². The number of carbonyl (C=O) groups is 1. The van der Waals surface area contributed by atoms with Crippen molar-refractivity contribution in [1.29, 1.82) is 0 Å². The van der Waals surface area contributed by atoms with Crippen molar-refractivity contribution in [3.63, 3.8) is 0 Å². The molecule has 0 saturated carbocycles. The Morgan fingerprint density at radius 2 is 2.13 bits per heavy atom. The molecule has 2 heterocycles. The second-order valence-electron chi connectivity index (χ2n) is 4.22. The molecule has 0 amide bonds. The Morgan fingerprint density at radius 1 is 1.47 bits per heavy atom. The lowest BCUT2D eigenvalue weighted by Gasteiger charge is -2.12. The van der Waals surface area contributed by atoms with Crippen LogP contribution in [0.25, 0.3) is 0 Å². The molecule has 0 aliphatic carbocycles. The fraction of sp³-hybridized carbons (Fsp3) is 0.636. The highest BCUT2D eigenvalue weighted by atomic mass is 32.1. The molecule has 0 unspecified atom stereocenters. The van der Waals surface area contributed by atoms with Gasteiger partial charge in [0.1, 0.15) is 0 Å². The molecule has 2 rings (SSSR count). The fourth-order valence-electron chi connectivity index (χ4n) is 1.72. The molecule has 1 aromatic rings. The highest BCUT2D eigenvalue weighted by Gasteiger charge is 2.19. The summed E-state index contributed by atoms with van der Waals surface area (Å²) in [6, 6.07) is 0. The van der Waals surface area contributed by atoms with Crippen LogP contribution in [0.15, 0.2) is 6.20 Å². The van der Waals surface area contributed by atoms with Crippen LogP contribution in [0, 0.1) is 5.92 Å². The molecule has 0 N–H and O–H groups in total. The minimum Gasteiger partial charge on any atom is -0.348 e. The average Bonchev–Trinajstić information content (AvgIpc) is 2.86. The number of aromatic nitrogens is 1. The van der Waals surface area contributed by atoms with E-state index in [-0.39, 0.29) is 11.7 Å². The Kier molecular flexibility index (Phi) is 3.05. The normalized spacial score (nSPS) is 16.3. The maximum atomic E-state index is 11.7. The Bertz CT molecular complexity index is 353. The van der Waals surface area contributed by atoms with Crippen LogP contribution in [0.1, 0.15) is 36.4 Å². The molecule has 15 heavy (non-hydrogen) atoms. The van der Waals surface area contributed by atoms with Gasteiger partial charge in [0.15, 0.2) is 10.9 Å². The first-order valence-electron chi connectivity index (χ1n) is 5.43. The van der Waals surface area contributed by atoms with Crippen molar-refractivity contribution in [3.05, 3.63) is 11.1 Å². The van der Waals surface area contributed by atoms with Gasteiger partial charge >= 0.3 is 0 Å². The molecular weight excluding hydrogens is 208 g/mol. The number of anilines is 1. The Labute approximate surface area is 94.1 Å². The molecule has 0 atom stereocenters. The molecule has 1 aliphatic rings. The third-order valence-corrected chi connectivity index (χ3v) is 3.71. The fourth-order valence-corrected chi connectivity index (χ4v) is 2.77. The van der Waals surface area contributed by atoms with Crippen LogP contribution in [0.5, 0.6) is 0 Å². The van der Waals surface area contributed by atoms with Gasteiger partial charge in [0.05, 0.1) is 11.1 Å². The van der Waals surface area contributed by atoms with Gasteiger partial charge in [-0.2, -0.15) is 0 Å². The van der Waals surface area contributed by atoms with Gasteiger partial charge in [0, 0.05) is 19.0 Å². The molecule has 0 spiro atoms. The van der Waals surface area contributed by atoms with Crippen LogP contribution in [0.2, 0.25) is 0 Å². The smallest absolute Gasteiger partial charge is 0.185 e. The average molecular weight is 224 g/mol. The maximum Gasteiger partial charge on any atom is 0.185 e. The van der Waals surface area contributed by atoms with Gasteiger partial charge in [-0.3, -0.25) is 4.79 Å². The Morgan fingerprint density at radius 3 is 2.73 bits per heavy atom. The number of hydrogen-bond acceptors (Lipinski definition) is 4. The zero-order chi connectivity index (χ0) is 10.8. The number of hydrogen-bond donors (Lipinski definition) is 0. The van der Waals surface area contributed by atoms with Crippen molar-refractivity contribution in [2.75, 3.05) is 18.0 Å². The summed E-state index contributed by atoms with van der Waals surface area (Å²) in [6.07, 6.45) is 4.21. The quantitative estimate of drug-likeness (QED) is 0.740. The van der Waals surface area contributed by atoms with Crippen LogP contribution < -0.4 is 4.90 Å². The van der Waals surface area contributed by atoms with Crippen LogP contribution in [-0.4, -0.2) is 23.9 Å². The topological polar surface area (TPSA) is 33.2 Å². The summed E-state index contributed by atoms with van der Waals surface area (Å²) in [5.41, 5.74) is 0. The summed E-state index contributed by atoms with van der Waals surface area (Å²) in [5, 5.41) is 1.01. The molecular formula is C11H16N2OS. The van der Waals surface area contributed by atoms with Crippen molar-refractivity contribution in [3.8, 4) is 0 Å². The summed E-state index contributed by atoms with van der Waals surface area (Å²) in [5.74, 6) is 0.273. The minimum absolute atomic E-state index is 0.0666. The summed E-state index contributed by atoms with van der Waals surface area (Å²) in [6.45, 7) is 6.03. The summed E-state index contributed by atoms with van der Waals surface area (Å²) in [7, 11) is 0. The summed E-state index contributed by atoms with van der Waals surface area (Å²) >= 11 is 1.53.